The third-order valence-electron chi connectivity index (χ3n) is 2.55. The summed E-state index contributed by atoms with van der Waals surface area (Å²) in [5.41, 5.74) is 0.120. The summed E-state index contributed by atoms with van der Waals surface area (Å²) < 4.78 is 5.43. The normalized spacial score (nSPS) is 24.0. The molecule has 1 rings (SSSR count). The van der Waals surface area contributed by atoms with Gasteiger partial charge in [0.05, 0.1) is 24.2 Å². The van der Waals surface area contributed by atoms with Crippen molar-refractivity contribution in [3.8, 4) is 0 Å². The van der Waals surface area contributed by atoms with Crippen LogP contribution in [0.1, 0.15) is 27.2 Å². The predicted molar refractivity (Wildman–Crippen MR) is 61.2 cm³/mol. The van der Waals surface area contributed by atoms with Crippen molar-refractivity contribution in [1.82, 2.24) is 0 Å². The molecular formula is C12H20O4. The number of ether oxygens (including phenoxy) is 1. The van der Waals surface area contributed by atoms with Crippen LogP contribution < -0.4 is 0 Å². The van der Waals surface area contributed by atoms with Crippen molar-refractivity contribution in [2.75, 3.05) is 6.61 Å². The number of aliphatic hydroxyl groups excluding tert-OH is 3. The zero-order chi connectivity index (χ0) is 12.5. The van der Waals surface area contributed by atoms with E-state index in [9.17, 15) is 15.3 Å². The lowest BCUT2D eigenvalue weighted by Gasteiger charge is -2.24. The van der Waals surface area contributed by atoms with Gasteiger partial charge in [0, 0.05) is 0 Å². The van der Waals surface area contributed by atoms with Crippen LogP contribution in [0, 0.1) is 5.92 Å². The summed E-state index contributed by atoms with van der Waals surface area (Å²) >= 11 is 0. The lowest BCUT2D eigenvalue weighted by atomic mass is 10.00. The Kier molecular flexibility index (Phi) is 3.65. The molecule has 0 amide bonds. The number of hydrogen-bond acceptors (Lipinski definition) is 4. The first-order chi connectivity index (χ1) is 7.22. The van der Waals surface area contributed by atoms with Gasteiger partial charge < -0.3 is 20.1 Å². The Bertz CT molecular complexity index is 311. The first-order valence-corrected chi connectivity index (χ1v) is 5.34. The molecule has 0 bridgehead atoms. The molecule has 2 unspecified atom stereocenters. The summed E-state index contributed by atoms with van der Waals surface area (Å²) in [6, 6.07) is 0. The largest absolute Gasteiger partial charge is 0.508 e. The fraction of sp³-hybridized carbons (Fsp3) is 0.667. The van der Waals surface area contributed by atoms with Gasteiger partial charge in [-0.15, -0.1) is 0 Å². The second kappa shape index (κ2) is 4.47. The maximum atomic E-state index is 9.85. The standard InChI is InChI=1S/C12H20O4/c1-7-5-8(11(15)10(7)14)9(13)6-16-12(2,3)4/h8-9,13-15H,1,5-6H2,2-4H3. The summed E-state index contributed by atoms with van der Waals surface area (Å²) in [6.07, 6.45) is -0.465. The molecule has 0 heterocycles. The maximum Gasteiger partial charge on any atom is 0.156 e. The number of hydrogen-bond donors (Lipinski definition) is 3. The van der Waals surface area contributed by atoms with Gasteiger partial charge in [0.15, 0.2) is 5.76 Å². The minimum atomic E-state index is -0.833. The molecule has 4 heteroatoms. The van der Waals surface area contributed by atoms with Gasteiger partial charge in [0.1, 0.15) is 5.76 Å². The molecule has 0 fully saturated rings. The molecule has 0 aromatic heterocycles. The van der Waals surface area contributed by atoms with Crippen molar-refractivity contribution in [2.45, 2.75) is 38.9 Å². The first kappa shape index (κ1) is 13.1. The summed E-state index contributed by atoms with van der Waals surface area (Å²) in [5, 5.41) is 28.8. The highest BCUT2D eigenvalue weighted by Crippen LogP contribution is 2.34. The highest BCUT2D eigenvalue weighted by Gasteiger charge is 2.34. The molecule has 16 heavy (non-hydrogen) atoms. The van der Waals surface area contributed by atoms with Gasteiger partial charge in [-0.25, -0.2) is 0 Å². The summed E-state index contributed by atoms with van der Waals surface area (Å²) in [7, 11) is 0. The van der Waals surface area contributed by atoms with Gasteiger partial charge >= 0.3 is 0 Å². The van der Waals surface area contributed by atoms with Crippen molar-refractivity contribution >= 4 is 0 Å². The van der Waals surface area contributed by atoms with E-state index in [-0.39, 0.29) is 23.7 Å². The molecule has 0 saturated carbocycles. The van der Waals surface area contributed by atoms with E-state index in [2.05, 4.69) is 6.58 Å². The summed E-state index contributed by atoms with van der Waals surface area (Å²) in [6.45, 7) is 9.40. The fourth-order valence-electron chi connectivity index (χ4n) is 1.59. The highest BCUT2D eigenvalue weighted by atomic mass is 16.5. The van der Waals surface area contributed by atoms with Crippen LogP contribution >= 0.6 is 0 Å². The van der Waals surface area contributed by atoms with Crippen LogP contribution in [0.5, 0.6) is 0 Å². The molecule has 0 spiro atoms. The lowest BCUT2D eigenvalue weighted by molar-refractivity contribution is -0.0632. The summed E-state index contributed by atoms with van der Waals surface area (Å²) in [4.78, 5) is 0. The second-order valence-corrected chi connectivity index (χ2v) is 5.14. The molecule has 0 aromatic carbocycles. The smallest absolute Gasteiger partial charge is 0.156 e. The molecule has 2 atom stereocenters. The molecule has 0 aliphatic heterocycles. The molecule has 0 saturated heterocycles. The molecule has 92 valence electrons. The van der Waals surface area contributed by atoms with Crippen LogP contribution in [0.4, 0.5) is 0 Å². The maximum absolute atomic E-state index is 9.85. The van der Waals surface area contributed by atoms with Crippen molar-refractivity contribution in [3.05, 3.63) is 23.7 Å². The van der Waals surface area contributed by atoms with Crippen molar-refractivity contribution in [3.63, 3.8) is 0 Å². The Morgan fingerprint density at radius 1 is 1.44 bits per heavy atom. The monoisotopic (exact) mass is 228 g/mol. The average Bonchev–Trinajstić information content (AvgIpc) is 2.41. The lowest BCUT2D eigenvalue weighted by Crippen LogP contribution is -2.31. The molecule has 4 nitrogen and oxygen atoms in total. The summed E-state index contributed by atoms with van der Waals surface area (Å²) in [5.74, 6) is -0.885. The highest BCUT2D eigenvalue weighted by molar-refractivity contribution is 5.33. The van der Waals surface area contributed by atoms with E-state index in [0.29, 0.717) is 12.0 Å². The Hall–Kier alpha value is -1.00. The van der Waals surface area contributed by atoms with E-state index in [1.807, 2.05) is 20.8 Å². The minimum absolute atomic E-state index is 0.124. The Labute approximate surface area is 95.9 Å². The van der Waals surface area contributed by atoms with Gasteiger partial charge in [0.2, 0.25) is 0 Å². The van der Waals surface area contributed by atoms with Crippen molar-refractivity contribution in [1.29, 1.82) is 0 Å². The minimum Gasteiger partial charge on any atom is -0.508 e. The van der Waals surface area contributed by atoms with Crippen LogP contribution in [0.25, 0.3) is 0 Å². The van der Waals surface area contributed by atoms with Crippen LogP contribution in [0.2, 0.25) is 0 Å². The quantitative estimate of drug-likeness (QED) is 0.691. The van der Waals surface area contributed by atoms with Crippen LogP contribution in [0.15, 0.2) is 23.7 Å². The van der Waals surface area contributed by atoms with E-state index < -0.39 is 12.0 Å². The molecular weight excluding hydrogens is 208 g/mol. The third-order valence-corrected chi connectivity index (χ3v) is 2.55. The van der Waals surface area contributed by atoms with Crippen molar-refractivity contribution in [2.24, 2.45) is 5.92 Å². The molecule has 1 aliphatic rings. The van der Waals surface area contributed by atoms with Gasteiger partial charge in [-0.05, 0) is 32.8 Å². The van der Waals surface area contributed by atoms with Gasteiger partial charge in [-0.2, -0.15) is 0 Å². The molecule has 3 N–H and O–H groups in total. The first-order valence-electron chi connectivity index (χ1n) is 5.34. The van der Waals surface area contributed by atoms with E-state index in [1.54, 1.807) is 0 Å². The van der Waals surface area contributed by atoms with E-state index in [4.69, 9.17) is 4.74 Å². The predicted octanol–water partition coefficient (Wildman–Crippen LogP) is 2.07. The zero-order valence-electron chi connectivity index (χ0n) is 10.0. The van der Waals surface area contributed by atoms with Gasteiger partial charge in [0.25, 0.3) is 0 Å². The Morgan fingerprint density at radius 3 is 2.38 bits per heavy atom. The Balaban J connectivity index is 2.57. The molecule has 0 radical (unpaired) electrons. The number of aliphatic hydroxyl groups is 3. The van der Waals surface area contributed by atoms with Crippen LogP contribution in [-0.4, -0.2) is 33.6 Å². The average molecular weight is 228 g/mol. The topological polar surface area (TPSA) is 69.9 Å². The number of allylic oxidation sites excluding steroid dienone is 1. The molecule has 1 aliphatic carbocycles. The number of rotatable bonds is 3. The Morgan fingerprint density at radius 2 is 2.00 bits per heavy atom. The SMILES string of the molecule is C=C1CC(C(O)COC(C)(C)C)C(O)=C1O. The second-order valence-electron chi connectivity index (χ2n) is 5.14. The van der Waals surface area contributed by atoms with Gasteiger partial charge in [-0.3, -0.25) is 0 Å². The van der Waals surface area contributed by atoms with Gasteiger partial charge in [-0.1, -0.05) is 6.58 Å². The van der Waals surface area contributed by atoms with E-state index >= 15 is 0 Å². The van der Waals surface area contributed by atoms with Crippen LogP contribution in [-0.2, 0) is 4.74 Å². The van der Waals surface area contributed by atoms with E-state index in [1.165, 1.54) is 0 Å². The third kappa shape index (κ3) is 3.00. The molecule has 0 aromatic rings. The van der Waals surface area contributed by atoms with E-state index in [0.717, 1.165) is 0 Å². The van der Waals surface area contributed by atoms with Crippen molar-refractivity contribution < 1.29 is 20.1 Å². The fourth-order valence-corrected chi connectivity index (χ4v) is 1.59. The zero-order valence-corrected chi connectivity index (χ0v) is 10.0. The van der Waals surface area contributed by atoms with Crippen LogP contribution in [0.3, 0.4) is 0 Å².